The molecule has 0 spiro atoms. The van der Waals surface area contributed by atoms with Gasteiger partial charge < -0.3 is 4.90 Å². The Labute approximate surface area is 142 Å². The molecule has 24 heavy (non-hydrogen) atoms. The number of hydrogen-bond acceptors (Lipinski definition) is 4. The monoisotopic (exact) mass is 325 g/mol. The minimum atomic E-state index is 0.0697. The number of aromatic nitrogens is 3. The van der Waals surface area contributed by atoms with Crippen LogP contribution in [0.5, 0.6) is 0 Å². The van der Waals surface area contributed by atoms with Crippen molar-refractivity contribution in [3.63, 3.8) is 0 Å². The fourth-order valence-electron chi connectivity index (χ4n) is 2.79. The molecule has 2 aromatic heterocycles. The van der Waals surface area contributed by atoms with Crippen molar-refractivity contribution in [3.8, 4) is 0 Å². The van der Waals surface area contributed by atoms with Crippen LogP contribution in [0.3, 0.4) is 0 Å². The first kappa shape index (κ1) is 16.4. The van der Waals surface area contributed by atoms with Gasteiger partial charge in [0.15, 0.2) is 0 Å². The maximum absolute atomic E-state index is 12.3. The van der Waals surface area contributed by atoms with E-state index in [1.165, 1.54) is 5.56 Å². The van der Waals surface area contributed by atoms with Crippen LogP contribution in [0.1, 0.15) is 18.1 Å². The van der Waals surface area contributed by atoms with E-state index >= 15 is 0 Å². The normalized spacial score (nSPS) is 16.0. The molecule has 0 unspecified atom stereocenters. The van der Waals surface area contributed by atoms with Crippen LogP contribution in [0, 0.1) is 0 Å². The highest BCUT2D eigenvalue weighted by atomic mass is 16.2. The van der Waals surface area contributed by atoms with E-state index in [9.17, 15) is 4.79 Å². The van der Waals surface area contributed by atoms with E-state index in [-0.39, 0.29) is 5.91 Å². The van der Waals surface area contributed by atoms with E-state index in [2.05, 4.69) is 21.0 Å². The fraction of sp³-hybridized carbons (Fsp3) is 0.389. The predicted molar refractivity (Wildman–Crippen MR) is 93.0 cm³/mol. The second-order valence-electron chi connectivity index (χ2n) is 5.93. The lowest BCUT2D eigenvalue weighted by Crippen LogP contribution is -2.47. The molecule has 0 bridgehead atoms. The van der Waals surface area contributed by atoms with Crippen molar-refractivity contribution in [2.24, 2.45) is 0 Å². The number of aryl methyl sites for hydroxylation is 1. The van der Waals surface area contributed by atoms with Gasteiger partial charge in [0.05, 0.1) is 6.20 Å². The summed E-state index contributed by atoms with van der Waals surface area (Å²) >= 11 is 0. The van der Waals surface area contributed by atoms with E-state index in [1.807, 2.05) is 41.0 Å². The molecule has 0 aliphatic carbocycles. The Morgan fingerprint density at radius 2 is 2.08 bits per heavy atom. The molecule has 1 saturated heterocycles. The van der Waals surface area contributed by atoms with Gasteiger partial charge >= 0.3 is 0 Å². The number of pyridine rings is 1. The Bertz CT molecular complexity index is 686. The number of amides is 1. The second kappa shape index (κ2) is 7.88. The van der Waals surface area contributed by atoms with Crippen LogP contribution in [-0.4, -0.2) is 56.7 Å². The average molecular weight is 325 g/mol. The Balaban J connectivity index is 1.48. The number of rotatable bonds is 5. The third-order valence-electron chi connectivity index (χ3n) is 4.21. The molecule has 1 fully saturated rings. The summed E-state index contributed by atoms with van der Waals surface area (Å²) in [6, 6.07) is 4.05. The van der Waals surface area contributed by atoms with Gasteiger partial charge in [-0.2, -0.15) is 5.10 Å². The smallest absolute Gasteiger partial charge is 0.246 e. The fourth-order valence-corrected chi connectivity index (χ4v) is 2.79. The van der Waals surface area contributed by atoms with Crippen LogP contribution in [-0.2, 0) is 17.9 Å². The molecule has 6 heteroatoms. The second-order valence-corrected chi connectivity index (χ2v) is 5.93. The largest absolute Gasteiger partial charge is 0.337 e. The zero-order chi connectivity index (χ0) is 16.8. The summed E-state index contributed by atoms with van der Waals surface area (Å²) in [7, 11) is 0. The highest BCUT2D eigenvalue weighted by molar-refractivity contribution is 5.91. The maximum atomic E-state index is 12.3. The van der Waals surface area contributed by atoms with Gasteiger partial charge in [0.1, 0.15) is 0 Å². The molecule has 0 radical (unpaired) electrons. The van der Waals surface area contributed by atoms with Crippen LogP contribution < -0.4 is 0 Å². The summed E-state index contributed by atoms with van der Waals surface area (Å²) in [5, 5.41) is 4.20. The van der Waals surface area contributed by atoms with E-state index in [1.54, 1.807) is 18.5 Å². The first-order valence-electron chi connectivity index (χ1n) is 8.35. The van der Waals surface area contributed by atoms with Crippen molar-refractivity contribution in [2.75, 3.05) is 26.2 Å². The lowest BCUT2D eigenvalue weighted by atomic mass is 10.2. The first-order valence-corrected chi connectivity index (χ1v) is 8.35. The van der Waals surface area contributed by atoms with Crippen molar-refractivity contribution in [1.82, 2.24) is 24.6 Å². The van der Waals surface area contributed by atoms with Crippen molar-refractivity contribution < 1.29 is 4.79 Å². The van der Waals surface area contributed by atoms with Crippen molar-refractivity contribution >= 4 is 12.0 Å². The lowest BCUT2D eigenvalue weighted by Gasteiger charge is -2.34. The topological polar surface area (TPSA) is 54.3 Å². The summed E-state index contributed by atoms with van der Waals surface area (Å²) in [6.45, 7) is 7.07. The minimum absolute atomic E-state index is 0.0697. The predicted octanol–water partition coefficient (Wildman–Crippen LogP) is 1.66. The average Bonchev–Trinajstić information content (AvgIpc) is 3.09. The summed E-state index contributed by atoms with van der Waals surface area (Å²) in [5.41, 5.74) is 2.17. The molecule has 126 valence electrons. The number of carbonyl (C=O) groups excluding carboxylic acids is 1. The first-order chi connectivity index (χ1) is 11.7. The highest BCUT2D eigenvalue weighted by Gasteiger charge is 2.19. The van der Waals surface area contributed by atoms with Gasteiger partial charge in [0.2, 0.25) is 5.91 Å². The Kier molecular flexibility index (Phi) is 5.38. The lowest BCUT2D eigenvalue weighted by molar-refractivity contribution is -0.127. The van der Waals surface area contributed by atoms with Gasteiger partial charge in [0.25, 0.3) is 0 Å². The summed E-state index contributed by atoms with van der Waals surface area (Å²) < 4.78 is 1.85. The third-order valence-corrected chi connectivity index (χ3v) is 4.21. The van der Waals surface area contributed by atoms with Crippen molar-refractivity contribution in [3.05, 3.63) is 54.1 Å². The molecule has 2 aromatic rings. The number of carbonyl (C=O) groups is 1. The van der Waals surface area contributed by atoms with Crippen LogP contribution in [0.4, 0.5) is 0 Å². The quantitative estimate of drug-likeness (QED) is 0.785. The molecule has 6 nitrogen and oxygen atoms in total. The van der Waals surface area contributed by atoms with Crippen LogP contribution in [0.25, 0.3) is 6.08 Å². The minimum Gasteiger partial charge on any atom is -0.337 e. The van der Waals surface area contributed by atoms with Gasteiger partial charge in [-0.25, -0.2) is 0 Å². The van der Waals surface area contributed by atoms with Gasteiger partial charge in [0, 0.05) is 69.5 Å². The number of hydrogen-bond donors (Lipinski definition) is 0. The molecule has 3 rings (SSSR count). The molecule has 0 N–H and O–H groups in total. The molecule has 0 atom stereocenters. The highest BCUT2D eigenvalue weighted by Crippen LogP contribution is 2.09. The molecule has 1 aliphatic rings. The summed E-state index contributed by atoms with van der Waals surface area (Å²) in [5.74, 6) is 0.0697. The van der Waals surface area contributed by atoms with Crippen LogP contribution >= 0.6 is 0 Å². The molecular weight excluding hydrogens is 302 g/mol. The van der Waals surface area contributed by atoms with E-state index < -0.39 is 0 Å². The van der Waals surface area contributed by atoms with Crippen molar-refractivity contribution in [2.45, 2.75) is 20.0 Å². The third kappa shape index (κ3) is 4.29. The van der Waals surface area contributed by atoms with Crippen molar-refractivity contribution in [1.29, 1.82) is 0 Å². The van der Waals surface area contributed by atoms with Gasteiger partial charge in [-0.1, -0.05) is 6.07 Å². The van der Waals surface area contributed by atoms with Gasteiger partial charge in [-0.05, 0) is 24.6 Å². The van der Waals surface area contributed by atoms with Gasteiger partial charge in [-0.15, -0.1) is 0 Å². The Morgan fingerprint density at radius 1 is 1.25 bits per heavy atom. The summed E-state index contributed by atoms with van der Waals surface area (Å²) in [4.78, 5) is 20.7. The SMILES string of the molecule is CCn1cc(/C=C/C(=O)N2CCN(Cc3cccnc3)CC2)cn1. The van der Waals surface area contributed by atoms with Gasteiger partial charge in [-0.3, -0.25) is 19.4 Å². The molecule has 3 heterocycles. The zero-order valence-electron chi connectivity index (χ0n) is 14.0. The molecule has 1 aliphatic heterocycles. The van der Waals surface area contributed by atoms with Crippen LogP contribution in [0.15, 0.2) is 43.0 Å². The number of piperazine rings is 1. The molecule has 0 aromatic carbocycles. The Hall–Kier alpha value is -2.47. The zero-order valence-corrected chi connectivity index (χ0v) is 14.0. The van der Waals surface area contributed by atoms with Crippen LogP contribution in [0.2, 0.25) is 0 Å². The summed E-state index contributed by atoms with van der Waals surface area (Å²) in [6.07, 6.45) is 10.9. The molecule has 0 saturated carbocycles. The standard InChI is InChI=1S/C18H23N5O/c1-2-23-15-17(13-20-23)5-6-18(24)22-10-8-21(9-11-22)14-16-4-3-7-19-12-16/h3-7,12-13,15H,2,8-11,14H2,1H3/b6-5+. The Morgan fingerprint density at radius 3 is 2.75 bits per heavy atom. The van der Waals surface area contributed by atoms with E-state index in [0.717, 1.165) is 44.8 Å². The van der Waals surface area contributed by atoms with E-state index in [4.69, 9.17) is 0 Å². The molecule has 1 amide bonds. The maximum Gasteiger partial charge on any atom is 0.246 e. The van der Waals surface area contributed by atoms with E-state index in [0.29, 0.717) is 0 Å². The molecular formula is C18H23N5O. The number of nitrogens with zero attached hydrogens (tertiary/aromatic N) is 5.